The number of alkyl halides is 3. The van der Waals surface area contributed by atoms with Crippen molar-refractivity contribution in [3.05, 3.63) is 72.1 Å². The lowest BCUT2D eigenvalue weighted by Gasteiger charge is -2.13. The molecule has 0 fully saturated rings. The van der Waals surface area contributed by atoms with Gasteiger partial charge in [-0.25, -0.2) is 0 Å². The third-order valence-electron chi connectivity index (χ3n) is 3.81. The molecule has 6 heteroatoms. The number of hydrogen-bond acceptors (Lipinski definition) is 3. The van der Waals surface area contributed by atoms with Crippen LogP contribution in [0.5, 0.6) is 5.75 Å². The molecule has 0 amide bonds. The number of aliphatic hydroxyl groups excluding tert-OH is 1. The molecule has 1 heterocycles. The minimum absolute atomic E-state index is 0.0484. The number of benzene rings is 2. The van der Waals surface area contributed by atoms with Crippen LogP contribution in [-0.2, 0) is 12.6 Å². The Bertz CT molecular complexity index is 847. The molecule has 0 radical (unpaired) electrons. The number of ether oxygens (including phenoxy) is 1. The fourth-order valence-corrected chi connectivity index (χ4v) is 2.51. The van der Waals surface area contributed by atoms with Gasteiger partial charge in [-0.2, -0.15) is 13.2 Å². The van der Waals surface area contributed by atoms with Crippen LogP contribution in [0.2, 0.25) is 0 Å². The first kappa shape index (κ1) is 17.2. The predicted molar refractivity (Wildman–Crippen MR) is 88.4 cm³/mol. The Labute approximate surface area is 142 Å². The molecule has 1 N–H and O–H groups in total. The number of aromatic nitrogens is 1. The van der Waals surface area contributed by atoms with Gasteiger partial charge in [0.2, 0.25) is 0 Å². The van der Waals surface area contributed by atoms with Gasteiger partial charge in [-0.1, -0.05) is 18.2 Å². The van der Waals surface area contributed by atoms with Crippen molar-refractivity contribution < 1.29 is 23.0 Å². The summed E-state index contributed by atoms with van der Waals surface area (Å²) in [6.45, 7) is 0.0484. The average Bonchev–Trinajstić information content (AvgIpc) is 2.59. The summed E-state index contributed by atoms with van der Waals surface area (Å²) >= 11 is 0. The molecule has 3 nitrogen and oxygen atoms in total. The number of halogens is 3. The standard InChI is InChI=1S/C19H16F3NO2/c20-19(21,22)16-4-1-13(2-5-16)9-17(24)12-25-18-6-3-14-7-8-23-11-15(14)10-18/h1-8,10-11,17,24H,9,12H2. The second kappa shape index (κ2) is 7.11. The first-order valence-electron chi connectivity index (χ1n) is 7.72. The molecule has 0 aliphatic rings. The highest BCUT2D eigenvalue weighted by molar-refractivity contribution is 5.82. The number of pyridine rings is 1. The maximum absolute atomic E-state index is 12.5. The lowest BCUT2D eigenvalue weighted by molar-refractivity contribution is -0.137. The lowest BCUT2D eigenvalue weighted by Crippen LogP contribution is -2.20. The van der Waals surface area contributed by atoms with Gasteiger partial charge in [0.25, 0.3) is 0 Å². The fourth-order valence-electron chi connectivity index (χ4n) is 2.51. The highest BCUT2D eigenvalue weighted by atomic mass is 19.4. The highest BCUT2D eigenvalue weighted by Gasteiger charge is 2.29. The van der Waals surface area contributed by atoms with E-state index in [-0.39, 0.29) is 13.0 Å². The van der Waals surface area contributed by atoms with E-state index in [0.29, 0.717) is 11.3 Å². The van der Waals surface area contributed by atoms with E-state index in [1.807, 2.05) is 18.2 Å². The zero-order chi connectivity index (χ0) is 17.9. The van der Waals surface area contributed by atoms with Gasteiger partial charge in [-0.3, -0.25) is 4.98 Å². The number of aliphatic hydroxyl groups is 1. The van der Waals surface area contributed by atoms with Crippen molar-refractivity contribution in [2.75, 3.05) is 6.61 Å². The first-order chi connectivity index (χ1) is 11.9. The van der Waals surface area contributed by atoms with Crippen LogP contribution in [0.25, 0.3) is 10.8 Å². The Balaban J connectivity index is 1.57. The lowest BCUT2D eigenvalue weighted by atomic mass is 10.1. The molecule has 1 aromatic heterocycles. The van der Waals surface area contributed by atoms with E-state index in [1.165, 1.54) is 12.1 Å². The van der Waals surface area contributed by atoms with Gasteiger partial charge in [0.05, 0.1) is 11.7 Å². The van der Waals surface area contributed by atoms with E-state index in [9.17, 15) is 18.3 Å². The number of hydrogen-bond donors (Lipinski definition) is 1. The van der Waals surface area contributed by atoms with Crippen molar-refractivity contribution in [1.82, 2.24) is 4.98 Å². The maximum atomic E-state index is 12.5. The van der Waals surface area contributed by atoms with Gasteiger partial charge in [-0.15, -0.1) is 0 Å². The molecule has 0 aliphatic carbocycles. The molecular formula is C19H16F3NO2. The number of fused-ring (bicyclic) bond motifs is 1. The molecule has 0 aliphatic heterocycles. The van der Waals surface area contributed by atoms with Crippen LogP contribution in [0.4, 0.5) is 13.2 Å². The van der Waals surface area contributed by atoms with E-state index in [1.54, 1.807) is 18.5 Å². The average molecular weight is 347 g/mol. The van der Waals surface area contributed by atoms with Crippen molar-refractivity contribution in [3.8, 4) is 5.75 Å². The second-order valence-corrected chi connectivity index (χ2v) is 5.75. The maximum Gasteiger partial charge on any atom is 0.416 e. The molecule has 130 valence electrons. The molecular weight excluding hydrogens is 331 g/mol. The van der Waals surface area contributed by atoms with E-state index in [2.05, 4.69) is 4.98 Å². The van der Waals surface area contributed by atoms with Gasteiger partial charge < -0.3 is 9.84 Å². The smallest absolute Gasteiger partial charge is 0.416 e. The van der Waals surface area contributed by atoms with Crippen LogP contribution >= 0.6 is 0 Å². The van der Waals surface area contributed by atoms with Gasteiger partial charge in [0.1, 0.15) is 12.4 Å². The molecule has 1 atom stereocenters. The molecule has 0 bridgehead atoms. The van der Waals surface area contributed by atoms with Crippen molar-refractivity contribution in [2.24, 2.45) is 0 Å². The third-order valence-corrected chi connectivity index (χ3v) is 3.81. The molecule has 3 rings (SSSR count). The number of nitrogens with zero attached hydrogens (tertiary/aromatic N) is 1. The summed E-state index contributed by atoms with van der Waals surface area (Å²) in [6.07, 6.45) is -1.53. The highest BCUT2D eigenvalue weighted by Crippen LogP contribution is 2.29. The van der Waals surface area contributed by atoms with Crippen LogP contribution in [0.1, 0.15) is 11.1 Å². The molecule has 25 heavy (non-hydrogen) atoms. The molecule has 2 aromatic carbocycles. The van der Waals surface area contributed by atoms with E-state index < -0.39 is 17.8 Å². The van der Waals surface area contributed by atoms with Gasteiger partial charge >= 0.3 is 6.18 Å². The summed E-state index contributed by atoms with van der Waals surface area (Å²) < 4.78 is 43.2. The van der Waals surface area contributed by atoms with Gasteiger partial charge in [0.15, 0.2) is 0 Å². The number of rotatable bonds is 5. The van der Waals surface area contributed by atoms with Crippen molar-refractivity contribution in [3.63, 3.8) is 0 Å². The first-order valence-corrected chi connectivity index (χ1v) is 7.72. The van der Waals surface area contributed by atoms with E-state index >= 15 is 0 Å². The minimum Gasteiger partial charge on any atom is -0.491 e. The molecule has 1 unspecified atom stereocenters. The van der Waals surface area contributed by atoms with Crippen molar-refractivity contribution in [2.45, 2.75) is 18.7 Å². The summed E-state index contributed by atoms with van der Waals surface area (Å²) in [6, 6.07) is 12.2. The summed E-state index contributed by atoms with van der Waals surface area (Å²) in [5, 5.41) is 12.0. The van der Waals surface area contributed by atoms with Crippen molar-refractivity contribution in [1.29, 1.82) is 0 Å². The summed E-state index contributed by atoms with van der Waals surface area (Å²) in [7, 11) is 0. The Morgan fingerprint density at radius 3 is 2.48 bits per heavy atom. The summed E-state index contributed by atoms with van der Waals surface area (Å²) in [5.74, 6) is 0.604. The van der Waals surface area contributed by atoms with Crippen LogP contribution in [-0.4, -0.2) is 22.8 Å². The molecule has 3 aromatic rings. The van der Waals surface area contributed by atoms with Crippen LogP contribution in [0.3, 0.4) is 0 Å². The minimum atomic E-state index is -4.36. The molecule has 0 spiro atoms. The third kappa shape index (κ3) is 4.48. The summed E-state index contributed by atoms with van der Waals surface area (Å²) in [4.78, 5) is 4.04. The van der Waals surface area contributed by atoms with Crippen LogP contribution in [0, 0.1) is 0 Å². The zero-order valence-corrected chi connectivity index (χ0v) is 13.2. The van der Waals surface area contributed by atoms with Crippen LogP contribution < -0.4 is 4.74 Å². The normalized spacial score (nSPS) is 13.0. The van der Waals surface area contributed by atoms with E-state index in [0.717, 1.165) is 22.9 Å². The van der Waals surface area contributed by atoms with Gasteiger partial charge in [0, 0.05) is 24.2 Å². The molecule has 0 saturated carbocycles. The Hall–Kier alpha value is -2.60. The predicted octanol–water partition coefficient (Wildman–Crippen LogP) is 4.24. The summed E-state index contributed by atoms with van der Waals surface area (Å²) in [5.41, 5.74) is -0.0847. The SMILES string of the molecule is OC(COc1ccc2ccncc2c1)Cc1ccc(C(F)(F)F)cc1. The molecule has 0 saturated heterocycles. The van der Waals surface area contributed by atoms with E-state index in [4.69, 9.17) is 4.74 Å². The Kier molecular flexibility index (Phi) is 4.90. The van der Waals surface area contributed by atoms with Crippen LogP contribution in [0.15, 0.2) is 60.9 Å². The van der Waals surface area contributed by atoms with Crippen molar-refractivity contribution >= 4 is 10.8 Å². The Morgan fingerprint density at radius 2 is 1.76 bits per heavy atom. The monoisotopic (exact) mass is 347 g/mol. The topological polar surface area (TPSA) is 42.4 Å². The second-order valence-electron chi connectivity index (χ2n) is 5.75. The quantitative estimate of drug-likeness (QED) is 0.751. The van der Waals surface area contributed by atoms with Gasteiger partial charge in [-0.05, 0) is 41.3 Å². The largest absolute Gasteiger partial charge is 0.491 e. The fraction of sp³-hybridized carbons (Fsp3) is 0.211. The zero-order valence-electron chi connectivity index (χ0n) is 13.2. The Morgan fingerprint density at radius 1 is 1.00 bits per heavy atom.